The Morgan fingerprint density at radius 2 is 2.00 bits per heavy atom. The Morgan fingerprint density at radius 1 is 1.24 bits per heavy atom. The Bertz CT molecular complexity index is 940. The summed E-state index contributed by atoms with van der Waals surface area (Å²) in [6, 6.07) is 11.9. The van der Waals surface area contributed by atoms with Crippen molar-refractivity contribution in [1.29, 1.82) is 0 Å². The summed E-state index contributed by atoms with van der Waals surface area (Å²) in [5.41, 5.74) is 1.82. The van der Waals surface area contributed by atoms with E-state index in [4.69, 9.17) is 4.42 Å². The summed E-state index contributed by atoms with van der Waals surface area (Å²) >= 11 is 0. The van der Waals surface area contributed by atoms with Crippen LogP contribution in [-0.2, 0) is 12.1 Å². The van der Waals surface area contributed by atoms with Gasteiger partial charge >= 0.3 is 0 Å². The average molecular weight is 396 g/mol. The van der Waals surface area contributed by atoms with Crippen molar-refractivity contribution < 1.29 is 9.52 Å². The minimum absolute atomic E-state index is 0.316. The molecule has 7 nitrogen and oxygen atoms in total. The van der Waals surface area contributed by atoms with Gasteiger partial charge in [0.25, 0.3) is 0 Å². The zero-order chi connectivity index (χ0) is 20.9. The minimum atomic E-state index is -1.07. The lowest BCUT2D eigenvalue weighted by molar-refractivity contribution is 0.0601. The number of aromatic nitrogens is 2. The lowest BCUT2D eigenvalue weighted by Gasteiger charge is -2.24. The van der Waals surface area contributed by atoms with Crippen molar-refractivity contribution in [2.24, 2.45) is 4.99 Å². The summed E-state index contributed by atoms with van der Waals surface area (Å²) in [7, 11) is 0. The molecule has 3 N–H and O–H groups in total. The van der Waals surface area contributed by atoms with Crippen LogP contribution in [-0.4, -0.2) is 33.9 Å². The number of guanidine groups is 1. The molecule has 29 heavy (non-hydrogen) atoms. The Morgan fingerprint density at radius 3 is 2.59 bits per heavy atom. The van der Waals surface area contributed by atoms with Crippen molar-refractivity contribution in [3.63, 3.8) is 0 Å². The van der Waals surface area contributed by atoms with E-state index in [0.717, 1.165) is 34.9 Å². The van der Waals surface area contributed by atoms with E-state index in [1.165, 1.54) is 0 Å². The molecule has 0 fully saturated rings. The SMILES string of the molecule is CCNC(=NCc1ccc(-n2cccn2)cc1)NCC(C)(O)c1cc(C)oc1C. The van der Waals surface area contributed by atoms with Gasteiger partial charge in [-0.05, 0) is 57.5 Å². The molecular weight excluding hydrogens is 366 g/mol. The van der Waals surface area contributed by atoms with E-state index in [2.05, 4.69) is 20.7 Å². The highest BCUT2D eigenvalue weighted by Gasteiger charge is 2.27. The van der Waals surface area contributed by atoms with Gasteiger partial charge in [0.2, 0.25) is 0 Å². The maximum absolute atomic E-state index is 10.9. The van der Waals surface area contributed by atoms with Crippen LogP contribution in [0.3, 0.4) is 0 Å². The molecule has 7 heteroatoms. The van der Waals surface area contributed by atoms with Gasteiger partial charge in [-0.3, -0.25) is 0 Å². The smallest absolute Gasteiger partial charge is 0.191 e. The number of benzene rings is 1. The molecule has 0 saturated heterocycles. The zero-order valence-electron chi connectivity index (χ0n) is 17.4. The fourth-order valence-electron chi connectivity index (χ4n) is 3.20. The number of hydrogen-bond acceptors (Lipinski definition) is 4. The number of nitrogens with zero attached hydrogens (tertiary/aromatic N) is 3. The number of aryl methyl sites for hydroxylation is 2. The van der Waals surface area contributed by atoms with Gasteiger partial charge in [-0.25, -0.2) is 9.67 Å². The van der Waals surface area contributed by atoms with E-state index in [1.807, 2.05) is 68.0 Å². The molecule has 0 amide bonds. The Balaban J connectivity index is 1.64. The number of aliphatic imine (C=N–C) groups is 1. The third kappa shape index (κ3) is 5.26. The molecule has 1 aromatic carbocycles. The van der Waals surface area contributed by atoms with E-state index < -0.39 is 5.60 Å². The second-order valence-electron chi connectivity index (χ2n) is 7.27. The van der Waals surface area contributed by atoms with Crippen LogP contribution in [0.15, 0.2) is 58.2 Å². The van der Waals surface area contributed by atoms with Crippen molar-refractivity contribution in [3.8, 4) is 5.69 Å². The molecule has 0 spiro atoms. The van der Waals surface area contributed by atoms with Crippen molar-refractivity contribution in [2.75, 3.05) is 13.1 Å². The van der Waals surface area contributed by atoms with E-state index in [1.54, 1.807) is 13.1 Å². The number of nitrogens with one attached hydrogen (secondary N) is 2. The van der Waals surface area contributed by atoms with E-state index in [9.17, 15) is 5.11 Å². The lowest BCUT2D eigenvalue weighted by Crippen LogP contribution is -2.44. The third-order valence-electron chi connectivity index (χ3n) is 4.69. The highest BCUT2D eigenvalue weighted by molar-refractivity contribution is 5.79. The normalized spacial score (nSPS) is 13.9. The minimum Gasteiger partial charge on any atom is -0.466 e. The highest BCUT2D eigenvalue weighted by atomic mass is 16.3. The van der Waals surface area contributed by atoms with Crippen molar-refractivity contribution in [3.05, 3.63) is 71.4 Å². The van der Waals surface area contributed by atoms with Crippen molar-refractivity contribution in [1.82, 2.24) is 20.4 Å². The standard InChI is InChI=1S/C22H29N5O2/c1-5-23-21(25-15-22(4,28)20-13-16(2)29-17(20)3)24-14-18-7-9-19(10-8-18)27-12-6-11-26-27/h6-13,28H,5,14-15H2,1-4H3,(H2,23,24,25). The summed E-state index contributed by atoms with van der Waals surface area (Å²) in [6.07, 6.45) is 3.67. The quantitative estimate of drug-likeness (QED) is 0.423. The van der Waals surface area contributed by atoms with Gasteiger partial charge in [-0.15, -0.1) is 0 Å². The van der Waals surface area contributed by atoms with Crippen LogP contribution in [0.25, 0.3) is 5.69 Å². The predicted molar refractivity (Wildman–Crippen MR) is 114 cm³/mol. The molecule has 0 saturated carbocycles. The zero-order valence-corrected chi connectivity index (χ0v) is 17.4. The van der Waals surface area contributed by atoms with Gasteiger partial charge in [0, 0.05) is 24.5 Å². The number of furan rings is 1. The van der Waals surface area contributed by atoms with Gasteiger partial charge in [-0.2, -0.15) is 5.10 Å². The summed E-state index contributed by atoms with van der Waals surface area (Å²) in [5, 5.41) is 21.6. The van der Waals surface area contributed by atoms with E-state index in [-0.39, 0.29) is 0 Å². The molecule has 1 unspecified atom stereocenters. The van der Waals surface area contributed by atoms with Gasteiger partial charge in [0.05, 0.1) is 18.8 Å². The van der Waals surface area contributed by atoms with Crippen molar-refractivity contribution >= 4 is 5.96 Å². The fraction of sp³-hybridized carbons (Fsp3) is 0.364. The van der Waals surface area contributed by atoms with Gasteiger partial charge in [-0.1, -0.05) is 12.1 Å². The molecule has 0 aliphatic heterocycles. The molecule has 0 radical (unpaired) electrons. The Labute approximate surface area is 171 Å². The first-order valence-electron chi connectivity index (χ1n) is 9.80. The lowest BCUT2D eigenvalue weighted by atomic mass is 9.96. The van der Waals surface area contributed by atoms with E-state index in [0.29, 0.717) is 19.0 Å². The second-order valence-corrected chi connectivity index (χ2v) is 7.27. The summed E-state index contributed by atoms with van der Waals surface area (Å²) in [4.78, 5) is 4.64. The molecule has 0 aliphatic carbocycles. The Kier molecular flexibility index (Phi) is 6.39. The van der Waals surface area contributed by atoms with Crippen LogP contribution < -0.4 is 10.6 Å². The number of aliphatic hydroxyl groups is 1. The first-order chi connectivity index (χ1) is 13.9. The molecule has 154 valence electrons. The van der Waals surface area contributed by atoms with Crippen LogP contribution in [0.4, 0.5) is 0 Å². The molecule has 2 aromatic heterocycles. The monoisotopic (exact) mass is 395 g/mol. The number of rotatable bonds is 7. The van der Waals surface area contributed by atoms with Crippen LogP contribution in [0.1, 0.15) is 36.5 Å². The largest absolute Gasteiger partial charge is 0.466 e. The maximum atomic E-state index is 10.9. The Hall–Kier alpha value is -3.06. The molecular formula is C22H29N5O2. The molecule has 0 aliphatic rings. The highest BCUT2D eigenvalue weighted by Crippen LogP contribution is 2.26. The summed E-state index contributed by atoms with van der Waals surface area (Å²) < 4.78 is 7.38. The molecule has 3 rings (SSSR count). The van der Waals surface area contributed by atoms with E-state index >= 15 is 0 Å². The molecule has 0 bridgehead atoms. The van der Waals surface area contributed by atoms with Gasteiger partial charge < -0.3 is 20.2 Å². The molecule has 2 heterocycles. The second kappa shape index (κ2) is 8.96. The van der Waals surface area contributed by atoms with Crippen LogP contribution >= 0.6 is 0 Å². The third-order valence-corrected chi connectivity index (χ3v) is 4.69. The predicted octanol–water partition coefficient (Wildman–Crippen LogP) is 3.04. The average Bonchev–Trinajstić information content (AvgIpc) is 3.34. The van der Waals surface area contributed by atoms with Gasteiger partial charge in [0.15, 0.2) is 5.96 Å². The molecule has 1 atom stereocenters. The summed E-state index contributed by atoms with van der Waals surface area (Å²) in [5.74, 6) is 2.17. The first kappa shape index (κ1) is 20.7. The topological polar surface area (TPSA) is 87.6 Å². The van der Waals surface area contributed by atoms with Crippen LogP contribution in [0.5, 0.6) is 0 Å². The maximum Gasteiger partial charge on any atom is 0.191 e. The van der Waals surface area contributed by atoms with Gasteiger partial charge in [0.1, 0.15) is 17.1 Å². The number of hydrogen-bond donors (Lipinski definition) is 3. The fourth-order valence-corrected chi connectivity index (χ4v) is 3.20. The van der Waals surface area contributed by atoms with Crippen LogP contribution in [0.2, 0.25) is 0 Å². The first-order valence-corrected chi connectivity index (χ1v) is 9.80. The van der Waals surface area contributed by atoms with Crippen LogP contribution in [0, 0.1) is 13.8 Å². The summed E-state index contributed by atoms with van der Waals surface area (Å²) in [6.45, 7) is 9.10. The van der Waals surface area contributed by atoms with Crippen molar-refractivity contribution in [2.45, 2.75) is 39.8 Å². The molecule has 3 aromatic rings.